The summed E-state index contributed by atoms with van der Waals surface area (Å²) in [5.41, 5.74) is 3.50. The van der Waals surface area contributed by atoms with Crippen molar-refractivity contribution in [3.05, 3.63) is 41.2 Å². The van der Waals surface area contributed by atoms with E-state index in [0.717, 1.165) is 49.7 Å². The lowest BCUT2D eigenvalue weighted by Crippen LogP contribution is -2.23. The molecule has 0 saturated heterocycles. The van der Waals surface area contributed by atoms with E-state index >= 15 is 0 Å². The van der Waals surface area contributed by atoms with Gasteiger partial charge < -0.3 is 0 Å². The number of nitrogens with zero attached hydrogens (tertiary/aromatic N) is 6. The van der Waals surface area contributed by atoms with Gasteiger partial charge in [0.1, 0.15) is 6.07 Å². The van der Waals surface area contributed by atoms with Crippen LogP contribution in [0.15, 0.2) is 18.5 Å². The molecule has 0 fully saturated rings. The Hall–Kier alpha value is -2.26. The molecule has 1 aliphatic heterocycles. The lowest BCUT2D eigenvalue weighted by atomic mass is 10.3. The maximum absolute atomic E-state index is 8.93. The van der Waals surface area contributed by atoms with Crippen molar-refractivity contribution in [3.63, 3.8) is 0 Å². The molecule has 102 valence electrons. The van der Waals surface area contributed by atoms with Crippen LogP contribution in [0, 0.1) is 18.3 Å². The van der Waals surface area contributed by atoms with E-state index < -0.39 is 0 Å². The van der Waals surface area contributed by atoms with Crippen molar-refractivity contribution in [2.75, 3.05) is 6.54 Å². The van der Waals surface area contributed by atoms with Crippen LogP contribution >= 0.6 is 0 Å². The standard InChI is InChI=1S/C14H16N6/c1-11-7-17-13(8-16-11)9-19-3-2-4-20-14(10-19)5-12(6-15)18-20/h5,7-8H,2-4,9-10H2,1H3. The minimum Gasteiger partial charge on any atom is -0.292 e. The van der Waals surface area contributed by atoms with Crippen LogP contribution in [0.1, 0.15) is 29.2 Å². The molecule has 2 aromatic rings. The van der Waals surface area contributed by atoms with Gasteiger partial charge in [-0.1, -0.05) is 0 Å². The molecule has 0 radical (unpaired) electrons. The third kappa shape index (κ3) is 2.68. The number of aromatic nitrogens is 4. The van der Waals surface area contributed by atoms with Crippen LogP contribution in [0.3, 0.4) is 0 Å². The summed E-state index contributed by atoms with van der Waals surface area (Å²) in [6, 6.07) is 3.98. The predicted molar refractivity (Wildman–Crippen MR) is 72.4 cm³/mol. The van der Waals surface area contributed by atoms with Gasteiger partial charge in [-0.25, -0.2) is 0 Å². The normalized spacial score (nSPS) is 15.4. The number of rotatable bonds is 2. The van der Waals surface area contributed by atoms with Gasteiger partial charge in [0.25, 0.3) is 0 Å². The summed E-state index contributed by atoms with van der Waals surface area (Å²) in [4.78, 5) is 11.0. The van der Waals surface area contributed by atoms with Crippen LogP contribution in [-0.2, 0) is 19.6 Å². The minimum atomic E-state index is 0.497. The van der Waals surface area contributed by atoms with Crippen molar-refractivity contribution in [3.8, 4) is 6.07 Å². The van der Waals surface area contributed by atoms with E-state index in [1.165, 1.54) is 0 Å². The fourth-order valence-corrected chi connectivity index (χ4v) is 2.45. The number of hydrogen-bond acceptors (Lipinski definition) is 5. The maximum atomic E-state index is 8.93. The van der Waals surface area contributed by atoms with Crippen LogP contribution in [0.4, 0.5) is 0 Å². The van der Waals surface area contributed by atoms with Gasteiger partial charge in [-0.15, -0.1) is 0 Å². The SMILES string of the molecule is Cc1cnc(CN2CCCn3nc(C#N)cc3C2)cn1. The van der Waals surface area contributed by atoms with Crippen LogP contribution < -0.4 is 0 Å². The van der Waals surface area contributed by atoms with Crippen molar-refractivity contribution in [2.24, 2.45) is 0 Å². The summed E-state index contributed by atoms with van der Waals surface area (Å²) in [5, 5.41) is 13.2. The Balaban J connectivity index is 1.75. The zero-order valence-electron chi connectivity index (χ0n) is 11.5. The molecule has 0 aliphatic carbocycles. The number of fused-ring (bicyclic) bond motifs is 1. The van der Waals surface area contributed by atoms with E-state index in [4.69, 9.17) is 5.26 Å². The predicted octanol–water partition coefficient (Wildman–Crippen LogP) is 1.26. The molecule has 6 nitrogen and oxygen atoms in total. The Morgan fingerprint density at radius 2 is 2.20 bits per heavy atom. The molecule has 2 aromatic heterocycles. The summed E-state index contributed by atoms with van der Waals surface area (Å²) in [7, 11) is 0. The van der Waals surface area contributed by atoms with E-state index in [1.54, 1.807) is 6.20 Å². The highest BCUT2D eigenvalue weighted by molar-refractivity contribution is 5.22. The Labute approximate surface area is 117 Å². The van der Waals surface area contributed by atoms with Gasteiger partial charge >= 0.3 is 0 Å². The van der Waals surface area contributed by atoms with Gasteiger partial charge in [0.05, 0.1) is 17.1 Å². The summed E-state index contributed by atoms with van der Waals surface area (Å²) in [6.07, 6.45) is 4.66. The molecule has 3 rings (SSSR count). The average Bonchev–Trinajstić information content (AvgIpc) is 2.74. The van der Waals surface area contributed by atoms with E-state index in [0.29, 0.717) is 5.69 Å². The topological polar surface area (TPSA) is 70.6 Å². The van der Waals surface area contributed by atoms with Gasteiger partial charge in [-0.05, 0) is 19.4 Å². The van der Waals surface area contributed by atoms with Crippen molar-refractivity contribution in [1.82, 2.24) is 24.6 Å². The minimum absolute atomic E-state index is 0.497. The molecule has 0 unspecified atom stereocenters. The van der Waals surface area contributed by atoms with Gasteiger partial charge in [-0.2, -0.15) is 10.4 Å². The van der Waals surface area contributed by atoms with E-state index in [-0.39, 0.29) is 0 Å². The Bertz CT molecular complexity index is 637. The van der Waals surface area contributed by atoms with Crippen LogP contribution in [-0.4, -0.2) is 31.2 Å². The van der Waals surface area contributed by atoms with Gasteiger partial charge in [-0.3, -0.25) is 19.5 Å². The molecule has 0 spiro atoms. The Morgan fingerprint density at radius 1 is 1.30 bits per heavy atom. The third-order valence-electron chi connectivity index (χ3n) is 3.43. The smallest absolute Gasteiger partial charge is 0.162 e. The van der Waals surface area contributed by atoms with Crippen LogP contribution in [0.5, 0.6) is 0 Å². The van der Waals surface area contributed by atoms with E-state index in [9.17, 15) is 0 Å². The molecule has 6 heteroatoms. The number of nitriles is 1. The molecule has 0 saturated carbocycles. The zero-order valence-corrected chi connectivity index (χ0v) is 11.5. The molecule has 1 aliphatic rings. The molecule has 20 heavy (non-hydrogen) atoms. The summed E-state index contributed by atoms with van der Waals surface area (Å²) < 4.78 is 1.94. The molecule has 0 N–H and O–H groups in total. The molecule has 0 aromatic carbocycles. The van der Waals surface area contributed by atoms with Crippen LogP contribution in [0.2, 0.25) is 0 Å². The fourth-order valence-electron chi connectivity index (χ4n) is 2.45. The summed E-state index contributed by atoms with van der Waals surface area (Å²) in [6.45, 7) is 5.38. The summed E-state index contributed by atoms with van der Waals surface area (Å²) in [5.74, 6) is 0. The molecule has 0 amide bonds. The number of aryl methyl sites for hydroxylation is 2. The van der Waals surface area contributed by atoms with Crippen LogP contribution in [0.25, 0.3) is 0 Å². The molecule has 0 atom stereocenters. The third-order valence-corrected chi connectivity index (χ3v) is 3.43. The lowest BCUT2D eigenvalue weighted by molar-refractivity contribution is 0.257. The van der Waals surface area contributed by atoms with Crippen molar-refractivity contribution < 1.29 is 0 Å². The van der Waals surface area contributed by atoms with Crippen molar-refractivity contribution in [2.45, 2.75) is 33.0 Å². The first-order valence-corrected chi connectivity index (χ1v) is 6.71. The quantitative estimate of drug-likeness (QED) is 0.820. The first-order chi connectivity index (χ1) is 9.74. The Kier molecular flexibility index (Phi) is 3.44. The van der Waals surface area contributed by atoms with Crippen molar-refractivity contribution in [1.29, 1.82) is 5.26 Å². The second-order valence-electron chi connectivity index (χ2n) is 5.07. The maximum Gasteiger partial charge on any atom is 0.162 e. The zero-order chi connectivity index (χ0) is 13.9. The highest BCUT2D eigenvalue weighted by Crippen LogP contribution is 2.15. The highest BCUT2D eigenvalue weighted by Gasteiger charge is 2.17. The second-order valence-corrected chi connectivity index (χ2v) is 5.07. The number of hydrogen-bond donors (Lipinski definition) is 0. The van der Waals surface area contributed by atoms with Gasteiger partial charge in [0.15, 0.2) is 5.69 Å². The van der Waals surface area contributed by atoms with E-state index in [1.807, 2.05) is 23.9 Å². The van der Waals surface area contributed by atoms with Gasteiger partial charge in [0, 0.05) is 38.6 Å². The van der Waals surface area contributed by atoms with Crippen molar-refractivity contribution >= 4 is 0 Å². The molecular weight excluding hydrogens is 252 g/mol. The van der Waals surface area contributed by atoms with E-state index in [2.05, 4.69) is 26.0 Å². The monoisotopic (exact) mass is 268 g/mol. The lowest BCUT2D eigenvalue weighted by Gasteiger charge is -2.18. The first kappa shape index (κ1) is 12.8. The highest BCUT2D eigenvalue weighted by atomic mass is 15.3. The second kappa shape index (κ2) is 5.39. The van der Waals surface area contributed by atoms with Gasteiger partial charge in [0.2, 0.25) is 0 Å². The molecule has 3 heterocycles. The molecule has 0 bridgehead atoms. The Morgan fingerprint density at radius 3 is 2.95 bits per heavy atom. The first-order valence-electron chi connectivity index (χ1n) is 6.71. The average molecular weight is 268 g/mol. The largest absolute Gasteiger partial charge is 0.292 e. The molecular formula is C14H16N6. The fraction of sp³-hybridized carbons (Fsp3) is 0.429. The summed E-state index contributed by atoms with van der Waals surface area (Å²) >= 11 is 0.